The number of nitro benzene ring substituents is 1. The van der Waals surface area contributed by atoms with Gasteiger partial charge in [-0.1, -0.05) is 6.92 Å². The zero-order valence-corrected chi connectivity index (χ0v) is 13.2. The van der Waals surface area contributed by atoms with Crippen molar-refractivity contribution in [2.75, 3.05) is 5.32 Å². The molecule has 7 nitrogen and oxygen atoms in total. The summed E-state index contributed by atoms with van der Waals surface area (Å²) in [6, 6.07) is 10.3. The first-order valence-corrected chi connectivity index (χ1v) is 7.28. The molecule has 2 aromatic carbocycles. The van der Waals surface area contributed by atoms with Gasteiger partial charge in [0.15, 0.2) is 0 Å². The minimum Gasteiger partial charge on any atom is -0.427 e. The van der Waals surface area contributed by atoms with E-state index in [2.05, 4.69) is 5.32 Å². The number of nitrogens with one attached hydrogen (secondary N) is 1. The van der Waals surface area contributed by atoms with Crippen LogP contribution in [0.4, 0.5) is 11.4 Å². The fourth-order valence-corrected chi connectivity index (χ4v) is 1.97. The maximum absolute atomic E-state index is 12.2. The van der Waals surface area contributed by atoms with Gasteiger partial charge < -0.3 is 10.1 Å². The number of benzene rings is 2. The second-order valence-electron chi connectivity index (χ2n) is 5.06. The summed E-state index contributed by atoms with van der Waals surface area (Å²) < 4.78 is 5.04. The highest BCUT2D eigenvalue weighted by atomic mass is 16.6. The second kappa shape index (κ2) is 7.36. The number of rotatable bonds is 5. The Labute approximate surface area is 138 Å². The molecule has 1 N–H and O–H groups in total. The number of carbonyl (C=O) groups is 2. The van der Waals surface area contributed by atoms with E-state index in [-0.39, 0.29) is 24.0 Å². The number of ether oxygens (including phenoxy) is 1. The van der Waals surface area contributed by atoms with E-state index in [1.165, 1.54) is 42.5 Å². The molecule has 0 fully saturated rings. The average molecular weight is 328 g/mol. The van der Waals surface area contributed by atoms with Crippen LogP contribution in [0, 0.1) is 17.0 Å². The van der Waals surface area contributed by atoms with Crippen LogP contribution in [0.25, 0.3) is 0 Å². The lowest BCUT2D eigenvalue weighted by atomic mass is 10.1. The Hall–Kier alpha value is -3.22. The predicted molar refractivity (Wildman–Crippen MR) is 88.2 cm³/mol. The van der Waals surface area contributed by atoms with Crippen molar-refractivity contribution in [3.63, 3.8) is 0 Å². The van der Waals surface area contributed by atoms with E-state index >= 15 is 0 Å². The van der Waals surface area contributed by atoms with Crippen LogP contribution in [0.15, 0.2) is 42.5 Å². The molecule has 0 aromatic heterocycles. The van der Waals surface area contributed by atoms with Gasteiger partial charge in [0.1, 0.15) is 5.75 Å². The molecule has 124 valence electrons. The van der Waals surface area contributed by atoms with Gasteiger partial charge in [0.05, 0.1) is 4.92 Å². The Morgan fingerprint density at radius 3 is 2.38 bits per heavy atom. The molecule has 0 aliphatic rings. The van der Waals surface area contributed by atoms with E-state index < -0.39 is 4.92 Å². The van der Waals surface area contributed by atoms with E-state index in [0.29, 0.717) is 22.6 Å². The zero-order chi connectivity index (χ0) is 17.7. The highest BCUT2D eigenvalue weighted by Gasteiger charge is 2.12. The zero-order valence-electron chi connectivity index (χ0n) is 13.2. The highest BCUT2D eigenvalue weighted by molar-refractivity contribution is 6.04. The number of anilines is 1. The first-order chi connectivity index (χ1) is 11.4. The van der Waals surface area contributed by atoms with Crippen LogP contribution in [-0.4, -0.2) is 16.8 Å². The van der Waals surface area contributed by atoms with Crippen LogP contribution in [0.3, 0.4) is 0 Å². The van der Waals surface area contributed by atoms with Crippen LogP contribution >= 0.6 is 0 Å². The van der Waals surface area contributed by atoms with Gasteiger partial charge >= 0.3 is 5.97 Å². The predicted octanol–water partition coefficient (Wildman–Crippen LogP) is 3.47. The number of aryl methyl sites for hydroxylation is 1. The van der Waals surface area contributed by atoms with E-state index in [4.69, 9.17) is 4.74 Å². The van der Waals surface area contributed by atoms with Crippen LogP contribution in [0.5, 0.6) is 5.75 Å². The van der Waals surface area contributed by atoms with Crippen molar-refractivity contribution >= 4 is 23.3 Å². The Morgan fingerprint density at radius 2 is 1.83 bits per heavy atom. The lowest BCUT2D eigenvalue weighted by molar-refractivity contribution is -0.384. The first kappa shape index (κ1) is 17.1. The lowest BCUT2D eigenvalue weighted by Crippen LogP contribution is -2.13. The smallest absolute Gasteiger partial charge is 0.310 e. The van der Waals surface area contributed by atoms with Gasteiger partial charge in [0, 0.05) is 29.8 Å². The SMILES string of the molecule is CCC(=O)Oc1ccc(C(=O)Nc2ccc([N+](=O)[O-])cc2C)cc1. The molecule has 0 aliphatic carbocycles. The summed E-state index contributed by atoms with van der Waals surface area (Å²) in [5.74, 6) is -0.348. The molecule has 0 atom stereocenters. The summed E-state index contributed by atoms with van der Waals surface area (Å²) in [6.45, 7) is 3.37. The van der Waals surface area contributed by atoms with Gasteiger partial charge in [-0.25, -0.2) is 0 Å². The van der Waals surface area contributed by atoms with Crippen molar-refractivity contribution in [1.29, 1.82) is 0 Å². The van der Waals surface area contributed by atoms with E-state index in [1.54, 1.807) is 13.8 Å². The van der Waals surface area contributed by atoms with Gasteiger partial charge in [0.2, 0.25) is 0 Å². The Balaban J connectivity index is 2.09. The molecule has 0 heterocycles. The summed E-state index contributed by atoms with van der Waals surface area (Å²) in [5.41, 5.74) is 1.43. The number of amides is 1. The third kappa shape index (κ3) is 4.16. The summed E-state index contributed by atoms with van der Waals surface area (Å²) in [4.78, 5) is 33.7. The van der Waals surface area contributed by atoms with Gasteiger partial charge in [-0.15, -0.1) is 0 Å². The maximum Gasteiger partial charge on any atom is 0.310 e. The third-order valence-corrected chi connectivity index (χ3v) is 3.31. The average Bonchev–Trinajstić information content (AvgIpc) is 2.56. The van der Waals surface area contributed by atoms with Crippen molar-refractivity contribution in [3.8, 4) is 5.75 Å². The van der Waals surface area contributed by atoms with Crippen LogP contribution in [-0.2, 0) is 4.79 Å². The molecule has 0 spiro atoms. The van der Waals surface area contributed by atoms with Crippen molar-refractivity contribution < 1.29 is 19.2 Å². The van der Waals surface area contributed by atoms with E-state index in [1.807, 2.05) is 0 Å². The third-order valence-electron chi connectivity index (χ3n) is 3.31. The first-order valence-electron chi connectivity index (χ1n) is 7.28. The number of hydrogen-bond acceptors (Lipinski definition) is 5. The Bertz CT molecular complexity index is 784. The molecule has 0 saturated heterocycles. The summed E-state index contributed by atoms with van der Waals surface area (Å²) in [7, 11) is 0. The molecular formula is C17H16N2O5. The standard InChI is InChI=1S/C17H16N2O5/c1-3-16(20)24-14-7-4-12(5-8-14)17(21)18-15-9-6-13(19(22)23)10-11(15)2/h4-10H,3H2,1-2H3,(H,18,21). The molecule has 0 aliphatic heterocycles. The summed E-state index contributed by atoms with van der Waals surface area (Å²) >= 11 is 0. The van der Waals surface area contributed by atoms with Gasteiger partial charge in [-0.3, -0.25) is 19.7 Å². The maximum atomic E-state index is 12.2. The number of carbonyl (C=O) groups excluding carboxylic acids is 2. The normalized spacial score (nSPS) is 10.1. The molecule has 0 bridgehead atoms. The number of nitro groups is 1. The Kier molecular flexibility index (Phi) is 5.26. The molecule has 0 unspecified atom stereocenters. The highest BCUT2D eigenvalue weighted by Crippen LogP contribution is 2.22. The molecule has 7 heteroatoms. The number of hydrogen-bond donors (Lipinski definition) is 1. The van der Waals surface area contributed by atoms with Crippen LogP contribution in [0.2, 0.25) is 0 Å². The molecule has 0 radical (unpaired) electrons. The lowest BCUT2D eigenvalue weighted by Gasteiger charge is -2.09. The molecular weight excluding hydrogens is 312 g/mol. The fourth-order valence-electron chi connectivity index (χ4n) is 1.97. The van der Waals surface area contributed by atoms with E-state index in [0.717, 1.165) is 0 Å². The molecule has 24 heavy (non-hydrogen) atoms. The fraction of sp³-hybridized carbons (Fsp3) is 0.176. The molecule has 2 aromatic rings. The van der Waals surface area contributed by atoms with E-state index in [9.17, 15) is 19.7 Å². The minimum atomic E-state index is -0.491. The monoisotopic (exact) mass is 328 g/mol. The summed E-state index contributed by atoms with van der Waals surface area (Å²) in [6.07, 6.45) is 0.266. The van der Waals surface area contributed by atoms with Crippen LogP contribution in [0.1, 0.15) is 29.3 Å². The molecule has 1 amide bonds. The number of esters is 1. The molecule has 0 saturated carbocycles. The summed E-state index contributed by atoms with van der Waals surface area (Å²) in [5, 5.41) is 13.4. The van der Waals surface area contributed by atoms with Crippen molar-refractivity contribution in [3.05, 3.63) is 63.7 Å². The second-order valence-corrected chi connectivity index (χ2v) is 5.06. The van der Waals surface area contributed by atoms with Crippen LogP contribution < -0.4 is 10.1 Å². The van der Waals surface area contributed by atoms with Gasteiger partial charge in [-0.2, -0.15) is 0 Å². The number of non-ortho nitro benzene ring substituents is 1. The Morgan fingerprint density at radius 1 is 1.17 bits per heavy atom. The quantitative estimate of drug-likeness (QED) is 0.392. The largest absolute Gasteiger partial charge is 0.427 e. The van der Waals surface area contributed by atoms with Gasteiger partial charge in [0.25, 0.3) is 11.6 Å². The van der Waals surface area contributed by atoms with Crippen molar-refractivity contribution in [2.24, 2.45) is 0 Å². The van der Waals surface area contributed by atoms with Crippen molar-refractivity contribution in [2.45, 2.75) is 20.3 Å². The van der Waals surface area contributed by atoms with Crippen molar-refractivity contribution in [1.82, 2.24) is 0 Å². The number of nitrogens with zero attached hydrogens (tertiary/aromatic N) is 1. The molecule has 2 rings (SSSR count). The minimum absolute atomic E-state index is 0.0346. The van der Waals surface area contributed by atoms with Gasteiger partial charge in [-0.05, 0) is 42.8 Å². The topological polar surface area (TPSA) is 98.5 Å².